The minimum atomic E-state index is 0. The number of amides is 1. The van der Waals surface area contributed by atoms with Crippen LogP contribution >= 0.6 is 0 Å². The van der Waals surface area contributed by atoms with Crippen LogP contribution in [0.1, 0.15) is 20.8 Å². The molecule has 0 aliphatic heterocycles. The third-order valence-electron chi connectivity index (χ3n) is 1.83. The molecule has 1 aromatic carbocycles. The number of benzene rings is 1. The molecule has 0 aromatic heterocycles. The van der Waals surface area contributed by atoms with Crippen LogP contribution in [-0.4, -0.2) is 5.91 Å². The van der Waals surface area contributed by atoms with Gasteiger partial charge in [-0.25, -0.2) is 0 Å². The summed E-state index contributed by atoms with van der Waals surface area (Å²) in [6.07, 6.45) is 0. The van der Waals surface area contributed by atoms with Crippen LogP contribution < -0.4 is 56.7 Å². The van der Waals surface area contributed by atoms with Gasteiger partial charge in [-0.3, -0.25) is 4.79 Å². The van der Waals surface area contributed by atoms with Gasteiger partial charge in [0.25, 0.3) is 0 Å². The first-order valence-electron chi connectivity index (χ1n) is 4.52. The Hall–Kier alpha value is 0.326. The summed E-state index contributed by atoms with van der Waals surface area (Å²) in [4.78, 5) is 11.2. The first kappa shape index (κ1) is 14.3. The molecule has 0 radical (unpaired) electrons. The number of hydrogen-bond acceptors (Lipinski definition) is 1. The molecule has 1 N–H and O–H groups in total. The quantitative estimate of drug-likeness (QED) is 0.652. The second-order valence-electron chi connectivity index (χ2n) is 3.36. The molecule has 0 heterocycles. The second-order valence-corrected chi connectivity index (χ2v) is 3.36. The largest absolute Gasteiger partial charge is 1.00 e. The fraction of sp³-hybridized carbons (Fsp3) is 0.364. The Morgan fingerprint density at radius 2 is 1.93 bits per heavy atom. The molecule has 0 aliphatic rings. The predicted octanol–water partition coefficient (Wildman–Crippen LogP) is -0.925. The van der Waals surface area contributed by atoms with Crippen molar-refractivity contribution in [3.05, 3.63) is 35.9 Å². The standard InChI is InChI=1S/C11H15NO.K.H/c1-9(2)11(13)12-8-10-6-4-3-5-7-10;;/h3-7,9H,8H2,1-2H3,(H,12,13);;/q;+1;-1. The second kappa shape index (κ2) is 7.60. The van der Waals surface area contributed by atoms with Gasteiger partial charge in [0.1, 0.15) is 0 Å². The molecule has 3 heteroatoms. The molecule has 2 nitrogen and oxygen atoms in total. The van der Waals surface area contributed by atoms with Crippen molar-refractivity contribution < 1.29 is 57.6 Å². The smallest absolute Gasteiger partial charge is 1.00 e. The topological polar surface area (TPSA) is 29.1 Å². The Morgan fingerprint density at radius 3 is 2.43 bits per heavy atom. The van der Waals surface area contributed by atoms with Crippen LogP contribution in [0.3, 0.4) is 0 Å². The van der Waals surface area contributed by atoms with Crippen molar-refractivity contribution in [1.82, 2.24) is 5.32 Å². The van der Waals surface area contributed by atoms with Crippen molar-refractivity contribution in [3.8, 4) is 0 Å². The summed E-state index contributed by atoms with van der Waals surface area (Å²) in [5.74, 6) is 0.160. The average Bonchev–Trinajstić information content (AvgIpc) is 2.15. The van der Waals surface area contributed by atoms with E-state index in [1.54, 1.807) is 0 Å². The third-order valence-corrected chi connectivity index (χ3v) is 1.83. The van der Waals surface area contributed by atoms with Gasteiger partial charge in [-0.05, 0) is 5.56 Å². The normalized spacial score (nSPS) is 9.36. The molecule has 0 saturated heterocycles. The minimum absolute atomic E-state index is 0. The van der Waals surface area contributed by atoms with Crippen LogP contribution in [-0.2, 0) is 11.3 Å². The van der Waals surface area contributed by atoms with Crippen molar-refractivity contribution >= 4 is 5.91 Å². The Balaban J connectivity index is 0. The van der Waals surface area contributed by atoms with Gasteiger partial charge in [0.15, 0.2) is 0 Å². The number of nitrogens with one attached hydrogen (secondary N) is 1. The fourth-order valence-electron chi connectivity index (χ4n) is 0.989. The van der Waals surface area contributed by atoms with Gasteiger partial charge in [0, 0.05) is 12.5 Å². The molecule has 0 bridgehead atoms. The van der Waals surface area contributed by atoms with E-state index in [0.29, 0.717) is 6.54 Å². The van der Waals surface area contributed by atoms with Crippen molar-refractivity contribution in [2.45, 2.75) is 20.4 Å². The average molecular weight is 217 g/mol. The van der Waals surface area contributed by atoms with Crippen LogP contribution in [0.15, 0.2) is 30.3 Å². The number of rotatable bonds is 3. The molecule has 72 valence electrons. The van der Waals surface area contributed by atoms with E-state index in [1.165, 1.54) is 0 Å². The molecule has 0 unspecified atom stereocenters. The Kier molecular flexibility index (Phi) is 7.77. The minimum Gasteiger partial charge on any atom is -1.00 e. The summed E-state index contributed by atoms with van der Waals surface area (Å²) in [5.41, 5.74) is 1.14. The molecular formula is C11H16KNO. The van der Waals surface area contributed by atoms with Crippen molar-refractivity contribution in [3.63, 3.8) is 0 Å². The molecular weight excluding hydrogens is 201 g/mol. The number of carbonyl (C=O) groups is 1. The zero-order valence-electron chi connectivity index (χ0n) is 10.1. The summed E-state index contributed by atoms with van der Waals surface area (Å²) in [6.45, 7) is 4.40. The summed E-state index contributed by atoms with van der Waals surface area (Å²) in [7, 11) is 0. The number of hydrogen-bond donors (Lipinski definition) is 1. The molecule has 14 heavy (non-hydrogen) atoms. The third kappa shape index (κ3) is 5.27. The predicted molar refractivity (Wildman–Crippen MR) is 54.2 cm³/mol. The van der Waals surface area contributed by atoms with Gasteiger partial charge in [-0.1, -0.05) is 44.2 Å². The van der Waals surface area contributed by atoms with Gasteiger partial charge in [-0.15, -0.1) is 0 Å². The van der Waals surface area contributed by atoms with E-state index in [9.17, 15) is 4.79 Å². The van der Waals surface area contributed by atoms with E-state index in [0.717, 1.165) is 5.56 Å². The van der Waals surface area contributed by atoms with Crippen LogP contribution in [0.2, 0.25) is 0 Å². The van der Waals surface area contributed by atoms with Crippen LogP contribution in [0.25, 0.3) is 0 Å². The van der Waals surface area contributed by atoms with Crippen molar-refractivity contribution in [1.29, 1.82) is 0 Å². The molecule has 0 fully saturated rings. The molecule has 1 amide bonds. The SMILES string of the molecule is CC(C)C(=O)NCc1ccccc1.[H-].[K+]. The maximum absolute atomic E-state index is 11.2. The van der Waals surface area contributed by atoms with Gasteiger partial charge in [0.2, 0.25) is 5.91 Å². The maximum Gasteiger partial charge on any atom is 1.00 e. The van der Waals surface area contributed by atoms with E-state index >= 15 is 0 Å². The summed E-state index contributed by atoms with van der Waals surface area (Å²) in [6, 6.07) is 9.91. The van der Waals surface area contributed by atoms with Crippen LogP contribution in [0, 0.1) is 5.92 Å². The molecule has 1 aromatic rings. The van der Waals surface area contributed by atoms with E-state index in [-0.39, 0.29) is 64.6 Å². The van der Waals surface area contributed by atoms with Gasteiger partial charge in [-0.2, -0.15) is 0 Å². The summed E-state index contributed by atoms with van der Waals surface area (Å²) in [5, 5.41) is 2.86. The Labute approximate surface area is 129 Å². The van der Waals surface area contributed by atoms with E-state index in [4.69, 9.17) is 0 Å². The summed E-state index contributed by atoms with van der Waals surface area (Å²) < 4.78 is 0. The van der Waals surface area contributed by atoms with Gasteiger partial charge < -0.3 is 6.74 Å². The first-order valence-corrected chi connectivity index (χ1v) is 4.52. The van der Waals surface area contributed by atoms with E-state index in [2.05, 4.69) is 5.32 Å². The van der Waals surface area contributed by atoms with E-state index < -0.39 is 0 Å². The molecule has 0 aliphatic carbocycles. The molecule has 0 spiro atoms. The van der Waals surface area contributed by atoms with Crippen molar-refractivity contribution in [2.24, 2.45) is 5.92 Å². The van der Waals surface area contributed by atoms with Crippen LogP contribution in [0.4, 0.5) is 0 Å². The monoisotopic (exact) mass is 217 g/mol. The maximum atomic E-state index is 11.2. The summed E-state index contributed by atoms with van der Waals surface area (Å²) >= 11 is 0. The van der Waals surface area contributed by atoms with Gasteiger partial charge in [0.05, 0.1) is 0 Å². The number of carbonyl (C=O) groups excluding carboxylic acids is 1. The van der Waals surface area contributed by atoms with Crippen LogP contribution in [0.5, 0.6) is 0 Å². The van der Waals surface area contributed by atoms with Gasteiger partial charge >= 0.3 is 51.4 Å². The van der Waals surface area contributed by atoms with E-state index in [1.807, 2.05) is 44.2 Å². The zero-order chi connectivity index (χ0) is 9.68. The molecule has 0 atom stereocenters. The molecule has 1 rings (SSSR count). The Bertz CT molecular complexity index is 277. The fourth-order valence-corrected chi connectivity index (χ4v) is 0.989. The zero-order valence-corrected chi connectivity index (χ0v) is 12.2. The first-order chi connectivity index (χ1) is 6.20. The Morgan fingerprint density at radius 1 is 1.36 bits per heavy atom. The molecule has 0 saturated carbocycles. The van der Waals surface area contributed by atoms with Crippen molar-refractivity contribution in [2.75, 3.05) is 0 Å².